The Morgan fingerprint density at radius 1 is 1.29 bits per heavy atom. The molecule has 0 aliphatic carbocycles. The van der Waals surface area contributed by atoms with Gasteiger partial charge in [0.15, 0.2) is 0 Å². The molecule has 0 fully saturated rings. The number of aliphatic hydroxyl groups excluding tert-OH is 1. The Labute approximate surface area is 176 Å². The largest absolute Gasteiger partial charge is 0.381 e. The SMILES string of the molecule is CCC(C)(C)COCCCC(C)(C)NCO.Cc1c#cccc1.[HH].[Y]. The van der Waals surface area contributed by atoms with Gasteiger partial charge in [-0.2, -0.15) is 0 Å². The van der Waals surface area contributed by atoms with Crippen LogP contribution in [-0.4, -0.2) is 30.6 Å². The van der Waals surface area contributed by atoms with Gasteiger partial charge in [-0.15, -0.1) is 0 Å². The van der Waals surface area contributed by atoms with E-state index >= 15 is 0 Å². The number of ether oxygens (including phenoxy) is 1. The van der Waals surface area contributed by atoms with Gasteiger partial charge in [0.05, 0.1) is 13.3 Å². The first-order valence-corrected chi connectivity index (χ1v) is 8.51. The summed E-state index contributed by atoms with van der Waals surface area (Å²) in [5, 5.41) is 11.8. The molecule has 0 heterocycles. The number of rotatable bonds is 9. The average molecular weight is 412 g/mol. The second-order valence-corrected chi connectivity index (χ2v) is 7.37. The van der Waals surface area contributed by atoms with Gasteiger partial charge in [-0.05, 0) is 57.1 Å². The zero-order chi connectivity index (χ0) is 17.8. The Morgan fingerprint density at radius 3 is 2.38 bits per heavy atom. The van der Waals surface area contributed by atoms with Crippen LogP contribution >= 0.6 is 0 Å². The third-order valence-electron chi connectivity index (χ3n) is 3.89. The molecule has 2 N–H and O–H groups in total. The molecule has 0 spiro atoms. The van der Waals surface area contributed by atoms with Gasteiger partial charge < -0.3 is 9.84 Å². The van der Waals surface area contributed by atoms with Crippen LogP contribution < -0.4 is 5.32 Å². The van der Waals surface area contributed by atoms with E-state index in [1.807, 2.05) is 25.1 Å². The van der Waals surface area contributed by atoms with E-state index in [2.05, 4.69) is 52.1 Å². The van der Waals surface area contributed by atoms with Crippen molar-refractivity contribution < 1.29 is 44.0 Å². The van der Waals surface area contributed by atoms with Crippen LogP contribution in [0.2, 0.25) is 0 Å². The Balaban J connectivity index is -0.000000452. The van der Waals surface area contributed by atoms with Gasteiger partial charge in [-0.3, -0.25) is 5.32 Å². The summed E-state index contributed by atoms with van der Waals surface area (Å²) in [5.41, 5.74) is 1.43. The van der Waals surface area contributed by atoms with E-state index in [1.165, 1.54) is 0 Å². The van der Waals surface area contributed by atoms with Crippen molar-refractivity contribution in [2.75, 3.05) is 19.9 Å². The summed E-state index contributed by atoms with van der Waals surface area (Å²) in [6.45, 7) is 14.5. The predicted octanol–water partition coefficient (Wildman–Crippen LogP) is 4.38. The predicted molar refractivity (Wildman–Crippen MR) is 99.4 cm³/mol. The van der Waals surface area contributed by atoms with E-state index in [4.69, 9.17) is 9.84 Å². The van der Waals surface area contributed by atoms with Crippen molar-refractivity contribution in [1.29, 1.82) is 0 Å². The normalized spacial score (nSPS) is 11.0. The summed E-state index contributed by atoms with van der Waals surface area (Å²) in [7, 11) is 0. The van der Waals surface area contributed by atoms with Crippen LogP contribution in [0.25, 0.3) is 0 Å². The molecule has 0 unspecified atom stereocenters. The number of aryl methyl sites for hydroxylation is 1. The number of aliphatic hydroxyl groups is 1. The minimum Gasteiger partial charge on any atom is -0.381 e. The van der Waals surface area contributed by atoms with Crippen LogP contribution in [0.5, 0.6) is 0 Å². The summed E-state index contributed by atoms with van der Waals surface area (Å²) in [6, 6.07) is 11.5. The number of nitrogens with one attached hydrogen (secondary N) is 1. The first kappa shape index (κ1) is 26.3. The molecule has 1 aromatic rings. The first-order valence-electron chi connectivity index (χ1n) is 8.51. The van der Waals surface area contributed by atoms with Crippen molar-refractivity contribution in [3.63, 3.8) is 0 Å². The van der Waals surface area contributed by atoms with Crippen molar-refractivity contribution >= 4 is 0 Å². The van der Waals surface area contributed by atoms with Crippen LogP contribution in [-0.2, 0) is 37.4 Å². The second kappa shape index (κ2) is 14.2. The van der Waals surface area contributed by atoms with Crippen molar-refractivity contribution in [1.82, 2.24) is 5.32 Å². The number of hydrogen-bond acceptors (Lipinski definition) is 3. The molecule has 0 aliphatic rings. The maximum atomic E-state index is 8.80. The minimum absolute atomic E-state index is 0. The zero-order valence-corrected chi connectivity index (χ0v) is 19.2. The fraction of sp³-hybridized carbons (Fsp3) is 0.700. The van der Waals surface area contributed by atoms with E-state index in [0.717, 1.165) is 38.0 Å². The molecule has 0 aliphatic heterocycles. The van der Waals surface area contributed by atoms with E-state index in [1.54, 1.807) is 0 Å². The molecule has 0 saturated heterocycles. The second-order valence-electron chi connectivity index (χ2n) is 7.37. The molecule has 1 aromatic carbocycles. The summed E-state index contributed by atoms with van der Waals surface area (Å²) in [6.07, 6.45) is 3.18. The smallest absolute Gasteiger partial charge is 0.0935 e. The number of hydrogen-bond donors (Lipinski definition) is 2. The molecule has 0 aromatic heterocycles. The molecule has 0 saturated carbocycles. The summed E-state index contributed by atoms with van der Waals surface area (Å²) < 4.78 is 5.67. The molecular weight excluding hydrogens is 375 g/mol. The van der Waals surface area contributed by atoms with Crippen molar-refractivity contribution in [2.45, 2.75) is 66.3 Å². The summed E-state index contributed by atoms with van der Waals surface area (Å²) >= 11 is 0. The van der Waals surface area contributed by atoms with Gasteiger partial charge >= 0.3 is 0 Å². The maximum absolute atomic E-state index is 8.80. The molecule has 0 atom stereocenters. The van der Waals surface area contributed by atoms with E-state index in [0.29, 0.717) is 5.41 Å². The van der Waals surface area contributed by atoms with Gasteiger partial charge in [-0.25, -0.2) is 0 Å². The van der Waals surface area contributed by atoms with Gasteiger partial charge in [-0.1, -0.05) is 45.0 Å². The van der Waals surface area contributed by atoms with Crippen LogP contribution in [0.1, 0.15) is 60.9 Å². The molecule has 3 nitrogen and oxygen atoms in total. The minimum atomic E-state index is -0.00160. The van der Waals surface area contributed by atoms with E-state index in [-0.39, 0.29) is 46.4 Å². The molecular formula is C20H37NO2Y. The van der Waals surface area contributed by atoms with Crippen molar-refractivity contribution in [3.8, 4) is 0 Å². The van der Waals surface area contributed by atoms with Gasteiger partial charge in [0.25, 0.3) is 0 Å². The van der Waals surface area contributed by atoms with Gasteiger partial charge in [0.2, 0.25) is 0 Å². The zero-order valence-electron chi connectivity index (χ0n) is 16.4. The molecule has 4 heteroatoms. The summed E-state index contributed by atoms with van der Waals surface area (Å²) in [5.74, 6) is 0. The third-order valence-corrected chi connectivity index (χ3v) is 3.89. The Morgan fingerprint density at radius 2 is 1.96 bits per heavy atom. The van der Waals surface area contributed by atoms with Crippen LogP contribution in [0.15, 0.2) is 18.2 Å². The van der Waals surface area contributed by atoms with Gasteiger partial charge in [0.1, 0.15) is 0 Å². The van der Waals surface area contributed by atoms with Crippen molar-refractivity contribution in [2.24, 2.45) is 5.41 Å². The van der Waals surface area contributed by atoms with E-state index < -0.39 is 0 Å². The first-order chi connectivity index (χ1) is 10.7. The Bertz CT molecular complexity index is 400. The average Bonchev–Trinajstić information content (AvgIpc) is 2.48. The Kier molecular flexibility index (Phi) is 15.6. The molecule has 24 heavy (non-hydrogen) atoms. The van der Waals surface area contributed by atoms with E-state index in [9.17, 15) is 0 Å². The fourth-order valence-electron chi connectivity index (χ4n) is 1.81. The van der Waals surface area contributed by atoms with Crippen molar-refractivity contribution in [3.05, 3.63) is 35.9 Å². The fourth-order valence-corrected chi connectivity index (χ4v) is 1.81. The van der Waals surface area contributed by atoms with Crippen LogP contribution in [0, 0.1) is 24.5 Å². The van der Waals surface area contributed by atoms with Crippen LogP contribution in [0.3, 0.4) is 0 Å². The molecule has 1 rings (SSSR count). The standard InChI is InChI=1S/C13H29NO2.C7H6.Y.H2/c1-6-12(2,3)10-16-9-7-8-13(4,5)14-11-15;1-7-5-3-2-4-6-7;;/h14-15H,6-11H2,1-5H3;2-3,5H,1H3;;1H. The van der Waals surface area contributed by atoms with Gasteiger partial charge in [0, 0.05) is 46.3 Å². The maximum Gasteiger partial charge on any atom is 0.0935 e. The molecule has 0 amide bonds. The third kappa shape index (κ3) is 15.5. The molecule has 137 valence electrons. The Hall–Kier alpha value is 0.0239. The summed E-state index contributed by atoms with van der Waals surface area (Å²) in [4.78, 5) is 0. The van der Waals surface area contributed by atoms with Crippen LogP contribution in [0.4, 0.5) is 0 Å². The quantitative estimate of drug-likeness (QED) is 0.467. The molecule has 1 radical (unpaired) electrons. The monoisotopic (exact) mass is 412 g/mol. The molecule has 0 bridgehead atoms. The topological polar surface area (TPSA) is 41.5 Å².